The molecular formula is C13H19NO. The molecule has 0 unspecified atom stereocenters. The highest BCUT2D eigenvalue weighted by Gasteiger charge is 1.99. The molecule has 82 valence electrons. The Kier molecular flexibility index (Phi) is 4.75. The van der Waals surface area contributed by atoms with Gasteiger partial charge in [0.25, 0.3) is 0 Å². The van der Waals surface area contributed by atoms with Crippen LogP contribution in [0.2, 0.25) is 0 Å². The van der Waals surface area contributed by atoms with Crippen molar-refractivity contribution >= 4 is 5.69 Å². The van der Waals surface area contributed by atoms with E-state index >= 15 is 0 Å². The summed E-state index contributed by atoms with van der Waals surface area (Å²) >= 11 is 0. The third-order valence-corrected chi connectivity index (χ3v) is 2.32. The molecule has 0 saturated heterocycles. The van der Waals surface area contributed by atoms with Gasteiger partial charge in [0.05, 0.1) is 6.61 Å². The van der Waals surface area contributed by atoms with Gasteiger partial charge in [-0.2, -0.15) is 0 Å². The molecule has 0 heterocycles. The van der Waals surface area contributed by atoms with Crippen LogP contribution in [-0.4, -0.2) is 20.2 Å². The lowest BCUT2D eigenvalue weighted by molar-refractivity contribution is 0.325. The van der Waals surface area contributed by atoms with Crippen molar-refractivity contribution in [2.24, 2.45) is 0 Å². The topological polar surface area (TPSA) is 12.5 Å². The Hall–Kier alpha value is -1.44. The van der Waals surface area contributed by atoms with E-state index in [0.717, 1.165) is 18.7 Å². The molecule has 0 atom stereocenters. The molecule has 0 saturated carbocycles. The molecular weight excluding hydrogens is 186 g/mol. The number of hydrogen-bond donors (Lipinski definition) is 0. The van der Waals surface area contributed by atoms with Crippen LogP contribution in [0.1, 0.15) is 13.3 Å². The molecule has 0 aliphatic carbocycles. The van der Waals surface area contributed by atoms with Gasteiger partial charge in [-0.15, -0.1) is 6.58 Å². The molecule has 0 amide bonds. The number of anilines is 1. The summed E-state index contributed by atoms with van der Waals surface area (Å²) in [7, 11) is 2.07. The summed E-state index contributed by atoms with van der Waals surface area (Å²) < 4.78 is 5.58. The Labute approximate surface area is 92.2 Å². The number of ether oxygens (including phenoxy) is 1. The molecule has 0 aromatic heterocycles. The van der Waals surface area contributed by atoms with Crippen molar-refractivity contribution in [3.8, 4) is 5.75 Å². The van der Waals surface area contributed by atoms with Gasteiger partial charge in [0.1, 0.15) is 5.75 Å². The van der Waals surface area contributed by atoms with Crippen LogP contribution in [0.3, 0.4) is 0 Å². The highest BCUT2D eigenvalue weighted by Crippen LogP contribution is 2.20. The van der Waals surface area contributed by atoms with Crippen molar-refractivity contribution in [3.05, 3.63) is 36.9 Å². The van der Waals surface area contributed by atoms with Gasteiger partial charge >= 0.3 is 0 Å². The van der Waals surface area contributed by atoms with Gasteiger partial charge in [0.2, 0.25) is 0 Å². The molecule has 0 spiro atoms. The van der Waals surface area contributed by atoms with Gasteiger partial charge in [0.15, 0.2) is 0 Å². The van der Waals surface area contributed by atoms with Crippen LogP contribution in [-0.2, 0) is 0 Å². The quantitative estimate of drug-likeness (QED) is 0.522. The minimum atomic E-state index is 0.697. The van der Waals surface area contributed by atoms with E-state index in [4.69, 9.17) is 4.74 Å². The maximum atomic E-state index is 5.58. The lowest BCUT2D eigenvalue weighted by atomic mass is 10.3. The molecule has 0 bridgehead atoms. The minimum absolute atomic E-state index is 0.697. The maximum Gasteiger partial charge on any atom is 0.121 e. The van der Waals surface area contributed by atoms with E-state index in [2.05, 4.69) is 37.6 Å². The number of benzene rings is 1. The zero-order valence-corrected chi connectivity index (χ0v) is 9.57. The Bertz CT molecular complexity index is 309. The predicted molar refractivity (Wildman–Crippen MR) is 65.7 cm³/mol. The maximum absolute atomic E-state index is 5.58. The first-order valence-corrected chi connectivity index (χ1v) is 5.32. The molecule has 0 N–H and O–H groups in total. The molecule has 1 aromatic carbocycles. The van der Waals surface area contributed by atoms with E-state index < -0.39 is 0 Å². The average Bonchev–Trinajstić information content (AvgIpc) is 2.29. The normalized spacial score (nSPS) is 9.73. The second kappa shape index (κ2) is 6.12. The number of hydrogen-bond acceptors (Lipinski definition) is 2. The lowest BCUT2D eigenvalue weighted by Crippen LogP contribution is -2.15. The zero-order chi connectivity index (χ0) is 11.1. The Morgan fingerprint density at radius 2 is 2.27 bits per heavy atom. The first kappa shape index (κ1) is 11.6. The Morgan fingerprint density at radius 3 is 2.93 bits per heavy atom. The summed E-state index contributed by atoms with van der Waals surface area (Å²) in [6, 6.07) is 8.15. The molecule has 0 aliphatic heterocycles. The highest BCUT2D eigenvalue weighted by atomic mass is 16.5. The third kappa shape index (κ3) is 3.66. The van der Waals surface area contributed by atoms with Crippen LogP contribution in [0.15, 0.2) is 36.9 Å². The lowest BCUT2D eigenvalue weighted by Gasteiger charge is -2.17. The summed E-state index contributed by atoms with van der Waals surface area (Å²) in [5, 5.41) is 0. The van der Waals surface area contributed by atoms with E-state index in [1.54, 1.807) is 0 Å². The summed E-state index contributed by atoms with van der Waals surface area (Å²) in [4.78, 5) is 2.18. The van der Waals surface area contributed by atoms with Crippen molar-refractivity contribution in [2.45, 2.75) is 13.3 Å². The summed E-state index contributed by atoms with van der Waals surface area (Å²) in [6.45, 7) is 7.49. The third-order valence-electron chi connectivity index (χ3n) is 2.32. The Morgan fingerprint density at radius 1 is 1.47 bits per heavy atom. The SMILES string of the molecule is C=CCCOc1cccc(N(C)CC)c1. The van der Waals surface area contributed by atoms with Crippen LogP contribution in [0.4, 0.5) is 5.69 Å². The molecule has 2 nitrogen and oxygen atoms in total. The van der Waals surface area contributed by atoms with Gasteiger partial charge in [0, 0.05) is 25.3 Å². The summed E-state index contributed by atoms with van der Waals surface area (Å²) in [6.07, 6.45) is 2.75. The fraction of sp³-hybridized carbons (Fsp3) is 0.385. The largest absolute Gasteiger partial charge is 0.493 e. The first-order valence-electron chi connectivity index (χ1n) is 5.32. The average molecular weight is 205 g/mol. The summed E-state index contributed by atoms with van der Waals surface area (Å²) in [5.74, 6) is 0.926. The summed E-state index contributed by atoms with van der Waals surface area (Å²) in [5.41, 5.74) is 1.19. The van der Waals surface area contributed by atoms with Gasteiger partial charge < -0.3 is 9.64 Å². The monoisotopic (exact) mass is 205 g/mol. The smallest absolute Gasteiger partial charge is 0.121 e. The standard InChI is InChI=1S/C13H19NO/c1-4-6-10-15-13-9-7-8-12(11-13)14(3)5-2/h4,7-9,11H,1,5-6,10H2,2-3H3. The number of rotatable bonds is 6. The van der Waals surface area contributed by atoms with Gasteiger partial charge in [-0.25, -0.2) is 0 Å². The molecule has 15 heavy (non-hydrogen) atoms. The Balaban J connectivity index is 2.61. The molecule has 1 aromatic rings. The van der Waals surface area contributed by atoms with E-state index in [1.165, 1.54) is 5.69 Å². The van der Waals surface area contributed by atoms with Crippen LogP contribution >= 0.6 is 0 Å². The second-order valence-electron chi connectivity index (χ2n) is 3.44. The molecule has 0 radical (unpaired) electrons. The van der Waals surface area contributed by atoms with Gasteiger partial charge in [-0.1, -0.05) is 12.1 Å². The van der Waals surface area contributed by atoms with E-state index in [-0.39, 0.29) is 0 Å². The van der Waals surface area contributed by atoms with Crippen molar-refractivity contribution in [2.75, 3.05) is 25.1 Å². The fourth-order valence-electron chi connectivity index (χ4n) is 1.25. The van der Waals surface area contributed by atoms with Gasteiger partial charge in [-0.3, -0.25) is 0 Å². The van der Waals surface area contributed by atoms with Crippen LogP contribution < -0.4 is 9.64 Å². The zero-order valence-electron chi connectivity index (χ0n) is 9.57. The predicted octanol–water partition coefficient (Wildman–Crippen LogP) is 3.10. The van der Waals surface area contributed by atoms with Crippen LogP contribution in [0.25, 0.3) is 0 Å². The van der Waals surface area contributed by atoms with Crippen molar-refractivity contribution in [3.63, 3.8) is 0 Å². The van der Waals surface area contributed by atoms with Gasteiger partial charge in [-0.05, 0) is 25.5 Å². The van der Waals surface area contributed by atoms with E-state index in [1.807, 2.05) is 18.2 Å². The molecule has 0 aliphatic rings. The van der Waals surface area contributed by atoms with E-state index in [9.17, 15) is 0 Å². The molecule has 2 heteroatoms. The molecule has 0 fully saturated rings. The number of nitrogens with zero attached hydrogens (tertiary/aromatic N) is 1. The van der Waals surface area contributed by atoms with Crippen LogP contribution in [0.5, 0.6) is 5.75 Å². The van der Waals surface area contributed by atoms with Crippen LogP contribution in [0, 0.1) is 0 Å². The minimum Gasteiger partial charge on any atom is -0.493 e. The first-order chi connectivity index (χ1) is 7.27. The highest BCUT2D eigenvalue weighted by molar-refractivity contribution is 5.49. The fourth-order valence-corrected chi connectivity index (χ4v) is 1.25. The molecule has 1 rings (SSSR count). The second-order valence-corrected chi connectivity index (χ2v) is 3.44. The van der Waals surface area contributed by atoms with Crippen molar-refractivity contribution in [1.82, 2.24) is 0 Å². The van der Waals surface area contributed by atoms with Crippen molar-refractivity contribution in [1.29, 1.82) is 0 Å². The van der Waals surface area contributed by atoms with E-state index in [0.29, 0.717) is 6.61 Å². The van der Waals surface area contributed by atoms with Crippen molar-refractivity contribution < 1.29 is 4.74 Å².